The molecule has 0 unspecified atom stereocenters. The predicted octanol–water partition coefficient (Wildman–Crippen LogP) is 0.767. The first-order valence-electron chi connectivity index (χ1n) is 8.10. The molecule has 0 aliphatic carbocycles. The minimum atomic E-state index is -2.92. The van der Waals surface area contributed by atoms with Gasteiger partial charge in [-0.15, -0.1) is 0 Å². The van der Waals surface area contributed by atoms with Gasteiger partial charge in [-0.1, -0.05) is 6.92 Å². The number of likely N-dealkylation sites (N-methyl/N-ethyl adjacent to an activating group) is 1. The number of sulfone groups is 1. The lowest BCUT2D eigenvalue weighted by atomic mass is 10.0. The SMILES string of the molecule is CCN1CCN(Cc2cncn2C(C)C)[C@H]2CS(=O)(=O)C[C@H]21. The molecule has 3 heterocycles. The third-order valence-corrected chi connectivity index (χ3v) is 6.68. The second-order valence-electron chi connectivity index (χ2n) is 6.70. The highest BCUT2D eigenvalue weighted by atomic mass is 32.2. The first-order chi connectivity index (χ1) is 10.4. The van der Waals surface area contributed by atoms with E-state index in [1.54, 1.807) is 0 Å². The van der Waals surface area contributed by atoms with E-state index in [1.165, 1.54) is 5.69 Å². The monoisotopic (exact) mass is 326 g/mol. The second-order valence-corrected chi connectivity index (χ2v) is 8.85. The molecule has 0 radical (unpaired) electrons. The smallest absolute Gasteiger partial charge is 0.153 e. The minimum absolute atomic E-state index is 0.120. The van der Waals surface area contributed by atoms with Gasteiger partial charge in [-0.3, -0.25) is 9.80 Å². The van der Waals surface area contributed by atoms with Crippen LogP contribution in [0.15, 0.2) is 12.5 Å². The summed E-state index contributed by atoms with van der Waals surface area (Å²) in [7, 11) is -2.92. The lowest BCUT2D eigenvalue weighted by molar-refractivity contribution is 0.0423. The maximum atomic E-state index is 12.1. The van der Waals surface area contributed by atoms with Crippen molar-refractivity contribution in [3.63, 3.8) is 0 Å². The molecule has 2 atom stereocenters. The molecule has 2 aliphatic rings. The number of fused-ring (bicyclic) bond motifs is 1. The molecule has 2 saturated heterocycles. The molecule has 3 rings (SSSR count). The van der Waals surface area contributed by atoms with Crippen LogP contribution in [0.4, 0.5) is 0 Å². The van der Waals surface area contributed by atoms with E-state index in [9.17, 15) is 8.42 Å². The van der Waals surface area contributed by atoms with Crippen LogP contribution in [-0.2, 0) is 16.4 Å². The van der Waals surface area contributed by atoms with E-state index >= 15 is 0 Å². The Labute approximate surface area is 133 Å². The molecule has 0 bridgehead atoms. The Morgan fingerprint density at radius 1 is 1.23 bits per heavy atom. The predicted molar refractivity (Wildman–Crippen MR) is 86.5 cm³/mol. The van der Waals surface area contributed by atoms with Crippen molar-refractivity contribution in [3.05, 3.63) is 18.2 Å². The molecular formula is C15H26N4O2S. The third kappa shape index (κ3) is 2.94. The molecule has 2 fully saturated rings. The zero-order chi connectivity index (χ0) is 15.9. The van der Waals surface area contributed by atoms with Crippen LogP contribution in [0, 0.1) is 0 Å². The van der Waals surface area contributed by atoms with Gasteiger partial charge in [0.2, 0.25) is 0 Å². The Hall–Kier alpha value is -0.920. The fourth-order valence-corrected chi connectivity index (χ4v) is 5.86. The van der Waals surface area contributed by atoms with E-state index in [1.807, 2.05) is 12.5 Å². The number of hydrogen-bond acceptors (Lipinski definition) is 5. The van der Waals surface area contributed by atoms with E-state index in [0.717, 1.165) is 26.2 Å². The van der Waals surface area contributed by atoms with Crippen LogP contribution >= 0.6 is 0 Å². The van der Waals surface area contributed by atoms with Crippen LogP contribution in [0.25, 0.3) is 0 Å². The molecule has 0 aromatic carbocycles. The Morgan fingerprint density at radius 3 is 2.50 bits per heavy atom. The largest absolute Gasteiger partial charge is 0.331 e. The van der Waals surface area contributed by atoms with Crippen LogP contribution in [-0.4, -0.2) is 71.0 Å². The van der Waals surface area contributed by atoms with Crippen molar-refractivity contribution in [2.24, 2.45) is 0 Å². The molecule has 0 spiro atoms. The highest BCUT2D eigenvalue weighted by molar-refractivity contribution is 7.91. The van der Waals surface area contributed by atoms with E-state index in [-0.39, 0.29) is 12.1 Å². The number of piperazine rings is 1. The average molecular weight is 326 g/mol. The number of imidazole rings is 1. The van der Waals surface area contributed by atoms with Crippen molar-refractivity contribution in [1.29, 1.82) is 0 Å². The molecule has 1 aromatic heterocycles. The summed E-state index contributed by atoms with van der Waals surface area (Å²) in [5, 5.41) is 0. The summed E-state index contributed by atoms with van der Waals surface area (Å²) in [6, 6.07) is 0.644. The van der Waals surface area contributed by atoms with Crippen molar-refractivity contribution < 1.29 is 8.42 Å². The summed E-state index contributed by atoms with van der Waals surface area (Å²) < 4.78 is 26.4. The van der Waals surface area contributed by atoms with Crippen molar-refractivity contribution in [1.82, 2.24) is 19.4 Å². The maximum Gasteiger partial charge on any atom is 0.153 e. The fourth-order valence-electron chi connectivity index (χ4n) is 3.81. The van der Waals surface area contributed by atoms with Crippen molar-refractivity contribution in [2.45, 2.75) is 45.4 Å². The van der Waals surface area contributed by atoms with Gasteiger partial charge in [0.15, 0.2) is 9.84 Å². The van der Waals surface area contributed by atoms with Crippen LogP contribution in [0.5, 0.6) is 0 Å². The highest BCUT2D eigenvalue weighted by Gasteiger charge is 2.46. The summed E-state index contributed by atoms with van der Waals surface area (Å²) in [4.78, 5) is 8.93. The van der Waals surface area contributed by atoms with Gasteiger partial charge in [0.05, 0.1) is 23.5 Å². The summed E-state index contributed by atoms with van der Waals surface area (Å²) in [5.41, 5.74) is 1.17. The number of aromatic nitrogens is 2. The summed E-state index contributed by atoms with van der Waals surface area (Å²) >= 11 is 0. The van der Waals surface area contributed by atoms with Crippen LogP contribution in [0.1, 0.15) is 32.5 Å². The lowest BCUT2D eigenvalue weighted by Gasteiger charge is -2.43. The maximum absolute atomic E-state index is 12.1. The van der Waals surface area contributed by atoms with Gasteiger partial charge in [0, 0.05) is 44.0 Å². The Bertz CT molecular complexity index is 625. The topological polar surface area (TPSA) is 58.4 Å². The standard InChI is InChI=1S/C15H26N4O2S/c1-4-17-5-6-18(15-10-22(20,21)9-14(15)17)8-13-7-16-11-19(13)12(2)3/h7,11-12,14-15H,4-6,8-10H2,1-3H3/t14-,15+/m1/s1. The van der Waals surface area contributed by atoms with E-state index in [4.69, 9.17) is 0 Å². The van der Waals surface area contributed by atoms with Crippen molar-refractivity contribution >= 4 is 9.84 Å². The molecule has 22 heavy (non-hydrogen) atoms. The molecule has 2 aliphatic heterocycles. The van der Waals surface area contributed by atoms with Gasteiger partial charge in [-0.25, -0.2) is 13.4 Å². The van der Waals surface area contributed by atoms with Crippen molar-refractivity contribution in [3.8, 4) is 0 Å². The molecule has 0 N–H and O–H groups in total. The van der Waals surface area contributed by atoms with Crippen LogP contribution in [0.3, 0.4) is 0 Å². The van der Waals surface area contributed by atoms with Gasteiger partial charge >= 0.3 is 0 Å². The first kappa shape index (κ1) is 16.0. The molecule has 7 heteroatoms. The van der Waals surface area contributed by atoms with E-state index < -0.39 is 9.84 Å². The summed E-state index contributed by atoms with van der Waals surface area (Å²) in [5.74, 6) is 0.607. The number of rotatable bonds is 4. The zero-order valence-corrected chi connectivity index (χ0v) is 14.5. The number of nitrogens with zero attached hydrogens (tertiary/aromatic N) is 4. The molecular weight excluding hydrogens is 300 g/mol. The molecule has 124 valence electrons. The van der Waals surface area contributed by atoms with Gasteiger partial charge in [-0.2, -0.15) is 0 Å². The summed E-state index contributed by atoms with van der Waals surface area (Å²) in [6.07, 6.45) is 3.77. The molecule has 0 amide bonds. The van der Waals surface area contributed by atoms with Crippen LogP contribution in [0.2, 0.25) is 0 Å². The Morgan fingerprint density at radius 2 is 1.86 bits per heavy atom. The van der Waals surface area contributed by atoms with Crippen LogP contribution < -0.4 is 0 Å². The van der Waals surface area contributed by atoms with Gasteiger partial charge in [-0.05, 0) is 20.4 Å². The minimum Gasteiger partial charge on any atom is -0.331 e. The molecule has 6 nitrogen and oxygen atoms in total. The third-order valence-electron chi connectivity index (χ3n) is 4.98. The van der Waals surface area contributed by atoms with Gasteiger partial charge < -0.3 is 4.57 Å². The highest BCUT2D eigenvalue weighted by Crippen LogP contribution is 2.28. The second kappa shape index (κ2) is 5.94. The molecule has 0 saturated carbocycles. The van der Waals surface area contributed by atoms with Gasteiger partial charge in [0.1, 0.15) is 0 Å². The summed E-state index contributed by atoms with van der Waals surface area (Å²) in [6.45, 7) is 9.98. The van der Waals surface area contributed by atoms with Gasteiger partial charge in [0.25, 0.3) is 0 Å². The lowest BCUT2D eigenvalue weighted by Crippen LogP contribution is -2.58. The van der Waals surface area contributed by atoms with E-state index in [2.05, 4.69) is 40.1 Å². The molecule has 1 aromatic rings. The first-order valence-corrected chi connectivity index (χ1v) is 9.92. The quantitative estimate of drug-likeness (QED) is 0.818. The van der Waals surface area contributed by atoms with E-state index in [0.29, 0.717) is 17.5 Å². The fraction of sp³-hybridized carbons (Fsp3) is 0.800. The van der Waals surface area contributed by atoms with Crippen molar-refractivity contribution in [2.75, 3.05) is 31.1 Å². The number of hydrogen-bond donors (Lipinski definition) is 0. The average Bonchev–Trinajstić information content (AvgIpc) is 3.02. The Kier molecular flexibility index (Phi) is 4.31. The Balaban J connectivity index is 1.81. The normalized spacial score (nSPS) is 29.1. The zero-order valence-electron chi connectivity index (χ0n) is 13.6.